The lowest BCUT2D eigenvalue weighted by molar-refractivity contribution is 0.257. The average molecular weight is 316 g/mol. The van der Waals surface area contributed by atoms with Crippen LogP contribution in [0.2, 0.25) is 0 Å². The minimum atomic E-state index is -0.223. The molecule has 1 fully saturated rings. The van der Waals surface area contributed by atoms with E-state index < -0.39 is 0 Å². The van der Waals surface area contributed by atoms with Crippen LogP contribution in [0.5, 0.6) is 5.75 Å². The second-order valence-electron chi connectivity index (χ2n) is 6.17. The summed E-state index contributed by atoms with van der Waals surface area (Å²) >= 11 is 0. The molecule has 0 atom stereocenters. The Kier molecular flexibility index (Phi) is 4.91. The van der Waals surface area contributed by atoms with Gasteiger partial charge in [0.1, 0.15) is 5.75 Å². The van der Waals surface area contributed by atoms with E-state index in [1.54, 1.807) is 13.3 Å². The Morgan fingerprint density at radius 2 is 2.04 bits per heavy atom. The first-order chi connectivity index (χ1) is 11.2. The Morgan fingerprint density at radius 1 is 1.26 bits per heavy atom. The number of aromatic nitrogens is 3. The fourth-order valence-corrected chi connectivity index (χ4v) is 3.24. The topological polar surface area (TPSA) is 73.1 Å². The SMILES string of the molecule is COc1ccnc(CNC2(c3noc(C)n3)CCCCCC2)c1. The zero-order chi connectivity index (χ0) is 16.1. The Balaban J connectivity index is 1.80. The van der Waals surface area contributed by atoms with Crippen molar-refractivity contribution in [1.29, 1.82) is 0 Å². The zero-order valence-electron chi connectivity index (χ0n) is 13.8. The number of hydrogen-bond acceptors (Lipinski definition) is 6. The van der Waals surface area contributed by atoms with Gasteiger partial charge in [-0.2, -0.15) is 4.98 Å². The van der Waals surface area contributed by atoms with Crippen molar-refractivity contribution < 1.29 is 9.26 Å². The van der Waals surface area contributed by atoms with Crippen LogP contribution >= 0.6 is 0 Å². The van der Waals surface area contributed by atoms with Gasteiger partial charge in [0.05, 0.1) is 18.3 Å². The van der Waals surface area contributed by atoms with Gasteiger partial charge in [0, 0.05) is 25.7 Å². The molecule has 1 saturated carbocycles. The summed E-state index contributed by atoms with van der Waals surface area (Å²) in [6.07, 6.45) is 8.69. The largest absolute Gasteiger partial charge is 0.497 e. The molecule has 6 heteroatoms. The molecule has 0 unspecified atom stereocenters. The zero-order valence-corrected chi connectivity index (χ0v) is 13.8. The molecule has 0 saturated heterocycles. The number of pyridine rings is 1. The third-order valence-electron chi connectivity index (χ3n) is 4.54. The average Bonchev–Trinajstić information content (AvgIpc) is 2.88. The molecule has 2 aromatic heterocycles. The van der Waals surface area contributed by atoms with E-state index in [4.69, 9.17) is 9.26 Å². The molecule has 0 radical (unpaired) electrons. The van der Waals surface area contributed by atoms with Crippen LogP contribution in [0.15, 0.2) is 22.9 Å². The summed E-state index contributed by atoms with van der Waals surface area (Å²) in [7, 11) is 1.67. The van der Waals surface area contributed by atoms with Gasteiger partial charge in [0.2, 0.25) is 5.89 Å². The van der Waals surface area contributed by atoms with E-state index in [0.29, 0.717) is 12.4 Å². The maximum atomic E-state index is 5.27. The summed E-state index contributed by atoms with van der Waals surface area (Å²) in [4.78, 5) is 8.93. The fraction of sp³-hybridized carbons (Fsp3) is 0.588. The quantitative estimate of drug-likeness (QED) is 0.854. The van der Waals surface area contributed by atoms with E-state index in [0.717, 1.165) is 30.1 Å². The van der Waals surface area contributed by atoms with Crippen molar-refractivity contribution >= 4 is 0 Å². The van der Waals surface area contributed by atoms with Crippen LogP contribution < -0.4 is 10.1 Å². The second kappa shape index (κ2) is 7.08. The number of aryl methyl sites for hydroxylation is 1. The van der Waals surface area contributed by atoms with Gasteiger partial charge in [0.15, 0.2) is 5.82 Å². The van der Waals surface area contributed by atoms with Crippen molar-refractivity contribution in [3.8, 4) is 5.75 Å². The smallest absolute Gasteiger partial charge is 0.223 e. The van der Waals surface area contributed by atoms with Crippen LogP contribution in [0.3, 0.4) is 0 Å². The van der Waals surface area contributed by atoms with Gasteiger partial charge < -0.3 is 9.26 Å². The van der Waals surface area contributed by atoms with E-state index >= 15 is 0 Å². The minimum Gasteiger partial charge on any atom is -0.497 e. The van der Waals surface area contributed by atoms with Crippen molar-refractivity contribution in [2.75, 3.05) is 7.11 Å². The van der Waals surface area contributed by atoms with Gasteiger partial charge in [0.25, 0.3) is 0 Å². The molecule has 0 aliphatic heterocycles. The third kappa shape index (κ3) is 3.69. The fourth-order valence-electron chi connectivity index (χ4n) is 3.24. The van der Waals surface area contributed by atoms with Crippen LogP contribution in [-0.4, -0.2) is 22.2 Å². The van der Waals surface area contributed by atoms with Gasteiger partial charge in [-0.3, -0.25) is 10.3 Å². The summed E-state index contributed by atoms with van der Waals surface area (Å²) in [5.74, 6) is 2.21. The molecule has 2 aromatic rings. The number of methoxy groups -OCH3 is 1. The molecule has 1 N–H and O–H groups in total. The number of ether oxygens (including phenoxy) is 1. The molecule has 1 aliphatic rings. The molecule has 3 rings (SSSR count). The molecule has 1 aliphatic carbocycles. The van der Waals surface area contributed by atoms with E-state index in [1.807, 2.05) is 19.1 Å². The van der Waals surface area contributed by atoms with Crippen molar-refractivity contribution in [1.82, 2.24) is 20.4 Å². The first-order valence-corrected chi connectivity index (χ1v) is 8.27. The lowest BCUT2D eigenvalue weighted by Crippen LogP contribution is -2.42. The Bertz CT molecular complexity index is 633. The van der Waals surface area contributed by atoms with E-state index in [-0.39, 0.29) is 5.54 Å². The second-order valence-corrected chi connectivity index (χ2v) is 6.17. The minimum absolute atomic E-state index is 0.223. The van der Waals surface area contributed by atoms with E-state index in [1.165, 1.54) is 25.7 Å². The van der Waals surface area contributed by atoms with Gasteiger partial charge in [-0.1, -0.05) is 30.8 Å². The summed E-state index contributed by atoms with van der Waals surface area (Å²) in [5.41, 5.74) is 0.729. The lowest BCUT2D eigenvalue weighted by Gasteiger charge is -2.30. The highest BCUT2D eigenvalue weighted by molar-refractivity contribution is 5.22. The molecule has 0 amide bonds. The van der Waals surface area contributed by atoms with Crippen molar-refractivity contribution in [2.24, 2.45) is 0 Å². The first kappa shape index (κ1) is 15.9. The Morgan fingerprint density at radius 3 is 2.70 bits per heavy atom. The predicted octanol–water partition coefficient (Wildman–Crippen LogP) is 3.12. The van der Waals surface area contributed by atoms with Crippen LogP contribution in [0.4, 0.5) is 0 Å². The molecular weight excluding hydrogens is 292 g/mol. The highest BCUT2D eigenvalue weighted by Crippen LogP contribution is 2.34. The van der Waals surface area contributed by atoms with Crippen molar-refractivity contribution in [2.45, 2.75) is 57.5 Å². The number of nitrogens with zero attached hydrogens (tertiary/aromatic N) is 3. The van der Waals surface area contributed by atoms with Gasteiger partial charge >= 0.3 is 0 Å². The normalized spacial score (nSPS) is 17.7. The molecule has 0 bridgehead atoms. The monoisotopic (exact) mass is 316 g/mol. The van der Waals surface area contributed by atoms with Crippen LogP contribution in [0, 0.1) is 6.92 Å². The Hall–Kier alpha value is -1.95. The van der Waals surface area contributed by atoms with Gasteiger partial charge in [-0.15, -0.1) is 0 Å². The maximum Gasteiger partial charge on any atom is 0.223 e. The molecule has 2 heterocycles. The highest BCUT2D eigenvalue weighted by atomic mass is 16.5. The molecule has 124 valence electrons. The Labute approximate surface area is 136 Å². The predicted molar refractivity (Wildman–Crippen MR) is 86.0 cm³/mol. The van der Waals surface area contributed by atoms with Gasteiger partial charge in [-0.25, -0.2) is 0 Å². The third-order valence-corrected chi connectivity index (χ3v) is 4.54. The van der Waals surface area contributed by atoms with Crippen LogP contribution in [-0.2, 0) is 12.1 Å². The standard InChI is InChI=1S/C17H24N4O2/c1-13-20-16(21-23-13)17(8-5-3-4-6-9-17)19-12-14-11-15(22-2)7-10-18-14/h7,10-11,19H,3-6,8-9,12H2,1-2H3. The lowest BCUT2D eigenvalue weighted by atomic mass is 9.89. The first-order valence-electron chi connectivity index (χ1n) is 8.27. The van der Waals surface area contributed by atoms with Gasteiger partial charge in [-0.05, 0) is 18.9 Å². The number of hydrogen-bond donors (Lipinski definition) is 1. The van der Waals surface area contributed by atoms with Crippen LogP contribution in [0.1, 0.15) is 55.9 Å². The van der Waals surface area contributed by atoms with E-state index in [9.17, 15) is 0 Å². The molecule has 6 nitrogen and oxygen atoms in total. The summed E-state index contributed by atoms with van der Waals surface area (Å²) in [6, 6.07) is 3.81. The number of nitrogens with one attached hydrogen (secondary N) is 1. The summed E-state index contributed by atoms with van der Waals surface area (Å²) < 4.78 is 10.5. The van der Waals surface area contributed by atoms with Crippen molar-refractivity contribution in [3.63, 3.8) is 0 Å². The van der Waals surface area contributed by atoms with E-state index in [2.05, 4.69) is 20.4 Å². The van der Waals surface area contributed by atoms with Crippen molar-refractivity contribution in [3.05, 3.63) is 35.7 Å². The summed E-state index contributed by atoms with van der Waals surface area (Å²) in [6.45, 7) is 2.50. The maximum absolute atomic E-state index is 5.27. The number of rotatable bonds is 5. The molecular formula is C17H24N4O2. The summed E-state index contributed by atoms with van der Waals surface area (Å²) in [5, 5.41) is 7.87. The molecule has 0 aromatic carbocycles. The molecule has 23 heavy (non-hydrogen) atoms. The molecule has 0 spiro atoms. The van der Waals surface area contributed by atoms with Crippen LogP contribution in [0.25, 0.3) is 0 Å². The highest BCUT2D eigenvalue weighted by Gasteiger charge is 2.36.